The van der Waals surface area contributed by atoms with Crippen LogP contribution >= 0.6 is 0 Å². The van der Waals surface area contributed by atoms with E-state index in [1.165, 1.54) is 13.8 Å². The van der Waals surface area contributed by atoms with Crippen LogP contribution in [0.25, 0.3) is 0 Å². The largest absolute Gasteiger partial charge is 0.381 e. The molecule has 1 rings (SSSR count). The summed E-state index contributed by atoms with van der Waals surface area (Å²) < 4.78 is 0. The molecule has 64 valence electrons. The van der Waals surface area contributed by atoms with Crippen LogP contribution in [-0.4, -0.2) is 22.2 Å². The minimum atomic E-state index is -1.24. The van der Waals surface area contributed by atoms with Crippen molar-refractivity contribution in [3.8, 4) is 0 Å². The highest BCUT2D eigenvalue weighted by Gasteiger charge is 2.41. The molecular weight excluding hydrogens is 142 g/mol. The smallest absolute Gasteiger partial charge is 0.251 e. The van der Waals surface area contributed by atoms with Crippen LogP contribution in [-0.2, 0) is 4.79 Å². The van der Waals surface area contributed by atoms with Crippen molar-refractivity contribution in [2.45, 2.75) is 44.8 Å². The molecule has 0 atom stereocenters. The highest BCUT2D eigenvalue weighted by molar-refractivity contribution is 5.84. The van der Waals surface area contributed by atoms with Crippen LogP contribution in [0.2, 0.25) is 0 Å². The molecule has 1 saturated carbocycles. The zero-order chi connectivity index (χ0) is 8.70. The Morgan fingerprint density at radius 3 is 2.27 bits per heavy atom. The van der Waals surface area contributed by atoms with Gasteiger partial charge in [-0.05, 0) is 33.6 Å². The predicted molar refractivity (Wildman–Crippen MR) is 42.1 cm³/mol. The van der Waals surface area contributed by atoms with E-state index < -0.39 is 5.60 Å². The van der Waals surface area contributed by atoms with Gasteiger partial charge < -0.3 is 10.4 Å². The molecule has 0 saturated heterocycles. The molecule has 1 fully saturated rings. The van der Waals surface area contributed by atoms with Crippen molar-refractivity contribution in [2.24, 2.45) is 0 Å². The van der Waals surface area contributed by atoms with Crippen molar-refractivity contribution >= 4 is 5.91 Å². The molecule has 0 aromatic heterocycles. The first-order chi connectivity index (χ1) is 4.83. The van der Waals surface area contributed by atoms with Crippen LogP contribution in [0, 0.1) is 0 Å². The summed E-state index contributed by atoms with van der Waals surface area (Å²) in [5.74, 6) is -0.280. The predicted octanol–water partition coefficient (Wildman–Crippen LogP) is 0.426. The van der Waals surface area contributed by atoms with Gasteiger partial charge in [0.15, 0.2) is 0 Å². The fraction of sp³-hybridized carbons (Fsp3) is 0.875. The van der Waals surface area contributed by atoms with Gasteiger partial charge in [0, 0.05) is 5.54 Å². The van der Waals surface area contributed by atoms with Crippen LogP contribution in [0.3, 0.4) is 0 Å². The first-order valence-corrected chi connectivity index (χ1v) is 3.88. The second-order valence-electron chi connectivity index (χ2n) is 4.07. The minimum Gasteiger partial charge on any atom is -0.381 e. The normalized spacial score (nSPS) is 21.1. The van der Waals surface area contributed by atoms with Gasteiger partial charge in [0.2, 0.25) is 0 Å². The van der Waals surface area contributed by atoms with Crippen LogP contribution in [0.15, 0.2) is 0 Å². The third-order valence-corrected chi connectivity index (χ3v) is 1.97. The Bertz CT molecular complexity index is 177. The summed E-state index contributed by atoms with van der Waals surface area (Å²) in [6.45, 7) is 4.97. The van der Waals surface area contributed by atoms with Gasteiger partial charge in [-0.2, -0.15) is 0 Å². The number of amides is 1. The van der Waals surface area contributed by atoms with Gasteiger partial charge in [0.25, 0.3) is 5.91 Å². The maximum Gasteiger partial charge on any atom is 0.251 e. The molecule has 0 heterocycles. The Balaban J connectivity index is 2.44. The van der Waals surface area contributed by atoms with Crippen LogP contribution in [0.1, 0.15) is 33.6 Å². The highest BCUT2D eigenvalue weighted by atomic mass is 16.3. The van der Waals surface area contributed by atoms with Crippen molar-refractivity contribution in [2.75, 3.05) is 0 Å². The SMILES string of the molecule is CC1(NC(=O)C(C)(C)O)CC1. The number of carbonyl (C=O) groups is 1. The van der Waals surface area contributed by atoms with Gasteiger partial charge >= 0.3 is 0 Å². The van der Waals surface area contributed by atoms with Crippen molar-refractivity contribution < 1.29 is 9.90 Å². The van der Waals surface area contributed by atoms with Crippen LogP contribution in [0.4, 0.5) is 0 Å². The molecule has 0 aromatic carbocycles. The topological polar surface area (TPSA) is 49.3 Å². The average molecular weight is 157 g/mol. The summed E-state index contributed by atoms with van der Waals surface area (Å²) in [5, 5.41) is 12.0. The zero-order valence-corrected chi connectivity index (χ0v) is 7.27. The summed E-state index contributed by atoms with van der Waals surface area (Å²) in [5.41, 5.74) is -1.28. The zero-order valence-electron chi connectivity index (χ0n) is 7.27. The Morgan fingerprint density at radius 2 is 2.00 bits per heavy atom. The van der Waals surface area contributed by atoms with E-state index in [4.69, 9.17) is 0 Å². The highest BCUT2D eigenvalue weighted by Crippen LogP contribution is 2.34. The van der Waals surface area contributed by atoms with Gasteiger partial charge in [-0.3, -0.25) is 4.79 Å². The number of carbonyl (C=O) groups excluding carboxylic acids is 1. The molecule has 0 aromatic rings. The standard InChI is InChI=1S/C8H15NO2/c1-7(2,11)6(10)9-8(3)4-5-8/h11H,4-5H2,1-3H3,(H,9,10). The average Bonchev–Trinajstić information content (AvgIpc) is 2.45. The van der Waals surface area contributed by atoms with E-state index in [-0.39, 0.29) is 11.4 Å². The molecule has 1 aliphatic rings. The quantitative estimate of drug-likeness (QED) is 0.610. The molecule has 0 radical (unpaired) electrons. The summed E-state index contributed by atoms with van der Waals surface area (Å²) in [6.07, 6.45) is 2.05. The maximum absolute atomic E-state index is 11.2. The second-order valence-corrected chi connectivity index (χ2v) is 4.07. The summed E-state index contributed by atoms with van der Waals surface area (Å²) in [7, 11) is 0. The molecule has 3 heteroatoms. The molecule has 0 spiro atoms. The van der Waals surface area contributed by atoms with Gasteiger partial charge in [0.1, 0.15) is 5.60 Å². The summed E-state index contributed by atoms with van der Waals surface area (Å²) in [6, 6.07) is 0. The Kier molecular flexibility index (Phi) is 1.71. The van der Waals surface area contributed by atoms with Crippen LogP contribution in [0.5, 0.6) is 0 Å². The third-order valence-electron chi connectivity index (χ3n) is 1.97. The molecule has 0 aliphatic heterocycles. The lowest BCUT2D eigenvalue weighted by Gasteiger charge is -2.20. The first-order valence-electron chi connectivity index (χ1n) is 3.88. The minimum absolute atomic E-state index is 0.0307. The first kappa shape index (κ1) is 8.53. The van der Waals surface area contributed by atoms with E-state index >= 15 is 0 Å². The van der Waals surface area contributed by atoms with E-state index in [0.29, 0.717) is 0 Å². The maximum atomic E-state index is 11.2. The lowest BCUT2D eigenvalue weighted by atomic mass is 10.1. The lowest BCUT2D eigenvalue weighted by molar-refractivity contribution is -0.137. The fourth-order valence-corrected chi connectivity index (χ4v) is 0.740. The second kappa shape index (κ2) is 2.21. The number of nitrogens with one attached hydrogen (secondary N) is 1. The Labute approximate surface area is 66.8 Å². The Morgan fingerprint density at radius 1 is 1.55 bits per heavy atom. The van der Waals surface area contributed by atoms with E-state index in [1.54, 1.807) is 0 Å². The lowest BCUT2D eigenvalue weighted by Crippen LogP contribution is -2.46. The van der Waals surface area contributed by atoms with Gasteiger partial charge in [-0.25, -0.2) is 0 Å². The van der Waals surface area contributed by atoms with E-state index in [0.717, 1.165) is 12.8 Å². The Hall–Kier alpha value is -0.570. The van der Waals surface area contributed by atoms with Crippen molar-refractivity contribution in [1.29, 1.82) is 0 Å². The van der Waals surface area contributed by atoms with Crippen molar-refractivity contribution in [3.63, 3.8) is 0 Å². The van der Waals surface area contributed by atoms with Crippen LogP contribution < -0.4 is 5.32 Å². The molecule has 3 nitrogen and oxygen atoms in total. The number of hydrogen-bond acceptors (Lipinski definition) is 2. The molecule has 11 heavy (non-hydrogen) atoms. The summed E-state index contributed by atoms with van der Waals surface area (Å²) >= 11 is 0. The van der Waals surface area contributed by atoms with E-state index in [1.807, 2.05) is 6.92 Å². The van der Waals surface area contributed by atoms with E-state index in [9.17, 15) is 9.90 Å². The van der Waals surface area contributed by atoms with Crippen molar-refractivity contribution in [3.05, 3.63) is 0 Å². The van der Waals surface area contributed by atoms with Crippen molar-refractivity contribution in [1.82, 2.24) is 5.32 Å². The molecule has 0 bridgehead atoms. The molecule has 1 amide bonds. The molecule has 1 aliphatic carbocycles. The van der Waals surface area contributed by atoms with E-state index in [2.05, 4.69) is 5.32 Å². The van der Waals surface area contributed by atoms with Gasteiger partial charge in [-0.1, -0.05) is 0 Å². The number of aliphatic hydroxyl groups is 1. The monoisotopic (exact) mass is 157 g/mol. The van der Waals surface area contributed by atoms with Gasteiger partial charge in [0.05, 0.1) is 0 Å². The molecule has 2 N–H and O–H groups in total. The third kappa shape index (κ3) is 2.19. The summed E-state index contributed by atoms with van der Waals surface area (Å²) in [4.78, 5) is 11.2. The molecular formula is C8H15NO2. The molecule has 0 unspecified atom stereocenters. The fourth-order valence-electron chi connectivity index (χ4n) is 0.740. The number of rotatable bonds is 2. The number of hydrogen-bond donors (Lipinski definition) is 2. The van der Waals surface area contributed by atoms with Gasteiger partial charge in [-0.15, -0.1) is 0 Å².